The summed E-state index contributed by atoms with van der Waals surface area (Å²) in [7, 11) is 1.70. The summed E-state index contributed by atoms with van der Waals surface area (Å²) in [6.45, 7) is 8.29. The first-order chi connectivity index (χ1) is 21.6. The summed E-state index contributed by atoms with van der Waals surface area (Å²) in [6.07, 6.45) is 2.99. The fourth-order valence-electron chi connectivity index (χ4n) is 5.61. The Morgan fingerprint density at radius 2 is 1.76 bits per heavy atom. The topological polar surface area (TPSA) is 126 Å². The van der Waals surface area contributed by atoms with Gasteiger partial charge in [-0.05, 0) is 91.8 Å². The van der Waals surface area contributed by atoms with Crippen molar-refractivity contribution in [1.29, 1.82) is 0 Å². The van der Waals surface area contributed by atoms with Crippen molar-refractivity contribution in [3.63, 3.8) is 0 Å². The Morgan fingerprint density at radius 3 is 2.44 bits per heavy atom. The lowest BCUT2D eigenvalue weighted by Crippen LogP contribution is -2.19. The van der Waals surface area contributed by atoms with Crippen LogP contribution in [0.1, 0.15) is 34.7 Å². The van der Waals surface area contributed by atoms with Gasteiger partial charge in [-0.2, -0.15) is 0 Å². The second kappa shape index (κ2) is 13.8. The number of para-hydroxylation sites is 1. The van der Waals surface area contributed by atoms with E-state index in [1.807, 2.05) is 69.3 Å². The van der Waals surface area contributed by atoms with Crippen LogP contribution < -0.4 is 19.8 Å². The lowest BCUT2D eigenvalue weighted by atomic mass is 10.00. The molecule has 2 heterocycles. The maximum atomic E-state index is 13.4. The van der Waals surface area contributed by atoms with Crippen LogP contribution in [-0.4, -0.2) is 38.2 Å². The van der Waals surface area contributed by atoms with Gasteiger partial charge < -0.3 is 28.1 Å². The first-order valence-corrected chi connectivity index (χ1v) is 15.9. The number of aryl methyl sites for hydroxylation is 5. The maximum absolute atomic E-state index is 13.4. The zero-order valence-corrected chi connectivity index (χ0v) is 26.9. The van der Waals surface area contributed by atoms with Gasteiger partial charge in [0.1, 0.15) is 35.2 Å². The van der Waals surface area contributed by atoms with Gasteiger partial charge in [-0.25, -0.2) is 4.72 Å². The monoisotopic (exact) mass is 629 g/mol. The van der Waals surface area contributed by atoms with Crippen LogP contribution in [0.15, 0.2) is 70.0 Å². The predicted molar refractivity (Wildman–Crippen MR) is 176 cm³/mol. The molecule has 0 saturated heterocycles. The lowest BCUT2D eigenvalue weighted by molar-refractivity contribution is 0.200. The molecule has 236 valence electrons. The second-order valence-electron chi connectivity index (χ2n) is 11.1. The summed E-state index contributed by atoms with van der Waals surface area (Å²) in [5.41, 5.74) is 7.10. The Balaban J connectivity index is 1.68. The SMILES string of the molecule is CCc1cccc(C)c1Oc1ccc(CCNS(=O)[O-])cc1-c1cn(C)c(=O)c2cc(-c3cc(C)c(OCCO)c(C)c3)oc12. The summed E-state index contributed by atoms with van der Waals surface area (Å²) in [6, 6.07) is 17.4. The number of benzene rings is 3. The van der Waals surface area contributed by atoms with Gasteiger partial charge in [0.2, 0.25) is 0 Å². The zero-order valence-electron chi connectivity index (χ0n) is 26.1. The molecule has 2 N–H and O–H groups in total. The number of nitrogens with one attached hydrogen (secondary N) is 1. The molecule has 1 unspecified atom stereocenters. The normalized spacial score (nSPS) is 12.1. The Kier molecular flexibility index (Phi) is 9.89. The van der Waals surface area contributed by atoms with Crippen molar-refractivity contribution in [3.05, 3.63) is 99.0 Å². The molecule has 0 aliphatic carbocycles. The summed E-state index contributed by atoms with van der Waals surface area (Å²) in [5.74, 6) is 2.59. The third-order valence-electron chi connectivity index (χ3n) is 7.79. The van der Waals surface area contributed by atoms with Gasteiger partial charge in [-0.15, -0.1) is 0 Å². The number of hydrogen-bond donors (Lipinski definition) is 2. The Bertz CT molecular complexity index is 1920. The number of pyridine rings is 1. The fourth-order valence-corrected chi connectivity index (χ4v) is 5.88. The fraction of sp³-hybridized carbons (Fsp3) is 0.286. The number of ether oxygens (including phenoxy) is 2. The molecular weight excluding hydrogens is 592 g/mol. The molecule has 10 heteroatoms. The Hall–Kier alpha value is -4.22. The third-order valence-corrected chi connectivity index (χ3v) is 8.23. The smallest absolute Gasteiger partial charge is 0.261 e. The molecule has 0 bridgehead atoms. The molecule has 5 aromatic rings. The summed E-state index contributed by atoms with van der Waals surface area (Å²) in [4.78, 5) is 13.4. The minimum atomic E-state index is -2.36. The van der Waals surface area contributed by atoms with Crippen molar-refractivity contribution in [3.8, 4) is 39.7 Å². The van der Waals surface area contributed by atoms with E-state index in [0.29, 0.717) is 45.8 Å². The molecule has 2 aromatic heterocycles. The number of aliphatic hydroxyl groups is 1. The van der Waals surface area contributed by atoms with E-state index in [2.05, 4.69) is 11.6 Å². The van der Waals surface area contributed by atoms with Crippen molar-refractivity contribution in [2.24, 2.45) is 7.05 Å². The highest BCUT2D eigenvalue weighted by Gasteiger charge is 2.21. The highest BCUT2D eigenvalue weighted by molar-refractivity contribution is 7.77. The average Bonchev–Trinajstić information content (AvgIpc) is 3.46. The minimum Gasteiger partial charge on any atom is -0.760 e. The summed E-state index contributed by atoms with van der Waals surface area (Å²) < 4.78 is 45.0. The number of aromatic nitrogens is 1. The van der Waals surface area contributed by atoms with Crippen molar-refractivity contribution in [2.75, 3.05) is 19.8 Å². The highest BCUT2D eigenvalue weighted by atomic mass is 32.2. The van der Waals surface area contributed by atoms with E-state index in [9.17, 15) is 18.7 Å². The van der Waals surface area contributed by atoms with Crippen molar-refractivity contribution in [2.45, 2.75) is 40.5 Å². The molecule has 1 atom stereocenters. The van der Waals surface area contributed by atoms with Crippen LogP contribution in [-0.2, 0) is 31.2 Å². The van der Waals surface area contributed by atoms with E-state index in [1.54, 1.807) is 19.3 Å². The summed E-state index contributed by atoms with van der Waals surface area (Å²) in [5, 5.41) is 9.63. The standard InChI is InChI=1S/C35H38N2O7S/c1-6-25-9-7-8-21(2)33(25)43-30-11-10-24(12-13-36-45(40)41)18-27(30)29-20-37(5)35(39)28-19-31(44-34(28)29)26-16-22(3)32(23(4)17-26)42-15-14-38/h7-11,16-20,36,38H,6,12-15H2,1-5H3,(H,40,41)/p-1. The van der Waals surface area contributed by atoms with Gasteiger partial charge in [0.05, 0.1) is 12.0 Å². The number of fused-ring (bicyclic) bond motifs is 1. The van der Waals surface area contributed by atoms with Crippen molar-refractivity contribution < 1.29 is 27.8 Å². The van der Waals surface area contributed by atoms with Crippen LogP contribution in [0.5, 0.6) is 17.2 Å². The highest BCUT2D eigenvalue weighted by Crippen LogP contribution is 2.41. The molecular formula is C35H37N2O7S-. The predicted octanol–water partition coefficient (Wildman–Crippen LogP) is 6.04. The van der Waals surface area contributed by atoms with E-state index in [0.717, 1.165) is 45.6 Å². The van der Waals surface area contributed by atoms with E-state index >= 15 is 0 Å². The number of nitrogens with zero attached hydrogens (tertiary/aromatic N) is 1. The van der Waals surface area contributed by atoms with Crippen LogP contribution in [0.2, 0.25) is 0 Å². The molecule has 0 fully saturated rings. The minimum absolute atomic E-state index is 0.0819. The second-order valence-corrected chi connectivity index (χ2v) is 11.8. The largest absolute Gasteiger partial charge is 0.760 e. The average molecular weight is 630 g/mol. The van der Waals surface area contributed by atoms with Crippen LogP contribution in [0, 0.1) is 20.8 Å². The van der Waals surface area contributed by atoms with Crippen molar-refractivity contribution in [1.82, 2.24) is 9.29 Å². The quantitative estimate of drug-likeness (QED) is 0.161. The van der Waals surface area contributed by atoms with E-state index in [1.165, 1.54) is 4.57 Å². The van der Waals surface area contributed by atoms with Gasteiger partial charge in [-0.3, -0.25) is 9.00 Å². The number of hydrogen-bond acceptors (Lipinski definition) is 7. The third kappa shape index (κ3) is 6.89. The van der Waals surface area contributed by atoms with Crippen LogP contribution in [0.3, 0.4) is 0 Å². The molecule has 5 rings (SSSR count). The molecule has 0 aliphatic heterocycles. The molecule has 0 spiro atoms. The molecule has 9 nitrogen and oxygen atoms in total. The lowest BCUT2D eigenvalue weighted by Gasteiger charge is -2.18. The molecule has 0 amide bonds. The molecule has 0 saturated carbocycles. The van der Waals surface area contributed by atoms with Gasteiger partial charge in [0.15, 0.2) is 0 Å². The number of rotatable bonds is 12. The van der Waals surface area contributed by atoms with Crippen LogP contribution in [0.4, 0.5) is 0 Å². The van der Waals surface area contributed by atoms with Gasteiger partial charge in [0.25, 0.3) is 5.56 Å². The molecule has 45 heavy (non-hydrogen) atoms. The molecule has 3 aromatic carbocycles. The number of aliphatic hydroxyl groups excluding tert-OH is 1. The van der Waals surface area contributed by atoms with Gasteiger partial charge in [0, 0.05) is 47.7 Å². The van der Waals surface area contributed by atoms with E-state index in [-0.39, 0.29) is 25.3 Å². The van der Waals surface area contributed by atoms with E-state index < -0.39 is 11.3 Å². The van der Waals surface area contributed by atoms with Crippen LogP contribution in [0.25, 0.3) is 33.4 Å². The Morgan fingerprint density at radius 1 is 1.00 bits per heavy atom. The Labute approximate surface area is 264 Å². The maximum Gasteiger partial charge on any atom is 0.261 e. The van der Waals surface area contributed by atoms with Crippen LogP contribution >= 0.6 is 0 Å². The number of furan rings is 1. The first kappa shape index (κ1) is 32.2. The van der Waals surface area contributed by atoms with Gasteiger partial charge in [-0.1, -0.05) is 31.2 Å². The zero-order chi connectivity index (χ0) is 32.2. The molecule has 0 aliphatic rings. The summed E-state index contributed by atoms with van der Waals surface area (Å²) >= 11 is -2.36. The van der Waals surface area contributed by atoms with E-state index in [4.69, 9.17) is 13.9 Å². The first-order valence-electron chi connectivity index (χ1n) is 14.8. The van der Waals surface area contributed by atoms with Crippen molar-refractivity contribution >= 4 is 22.2 Å². The molecule has 0 radical (unpaired) electrons. The van der Waals surface area contributed by atoms with Gasteiger partial charge >= 0.3 is 0 Å².